The lowest BCUT2D eigenvalue weighted by Crippen LogP contribution is -2.37. The molecule has 1 saturated heterocycles. The third kappa shape index (κ3) is 4.03. The van der Waals surface area contributed by atoms with Gasteiger partial charge in [0.1, 0.15) is 0 Å². The van der Waals surface area contributed by atoms with E-state index in [0.29, 0.717) is 18.5 Å². The van der Waals surface area contributed by atoms with Crippen molar-refractivity contribution in [3.8, 4) is 0 Å². The Bertz CT molecular complexity index is 185. The molecule has 0 radical (unpaired) electrons. The molecule has 0 aromatic rings. The number of hydrogen-bond acceptors (Lipinski definition) is 2. The van der Waals surface area contributed by atoms with E-state index in [0.717, 1.165) is 19.5 Å². The van der Waals surface area contributed by atoms with Gasteiger partial charge in [-0.05, 0) is 46.2 Å². The Morgan fingerprint density at radius 1 is 1.33 bits per heavy atom. The summed E-state index contributed by atoms with van der Waals surface area (Å²) in [7, 11) is 0. The molecule has 1 aliphatic rings. The van der Waals surface area contributed by atoms with Gasteiger partial charge in [0.25, 0.3) is 6.43 Å². The molecule has 1 fully saturated rings. The van der Waals surface area contributed by atoms with Crippen molar-refractivity contribution in [2.75, 3.05) is 19.6 Å². The smallest absolute Gasteiger partial charge is 0.253 e. The summed E-state index contributed by atoms with van der Waals surface area (Å²) in [5, 5.41) is 2.91. The lowest BCUT2D eigenvalue weighted by molar-refractivity contribution is 0.104. The first-order valence-corrected chi connectivity index (χ1v) is 5.76. The SMILES string of the molecule is CC(NCC1CCN(C(C)C)C1)C(F)F. The monoisotopic (exact) mass is 220 g/mol. The summed E-state index contributed by atoms with van der Waals surface area (Å²) in [6, 6.07) is -0.111. The molecule has 0 spiro atoms. The molecule has 2 nitrogen and oxygen atoms in total. The fourth-order valence-corrected chi connectivity index (χ4v) is 1.94. The van der Waals surface area contributed by atoms with Gasteiger partial charge >= 0.3 is 0 Å². The van der Waals surface area contributed by atoms with Crippen molar-refractivity contribution in [1.29, 1.82) is 0 Å². The molecule has 0 aliphatic carbocycles. The second-order valence-electron chi connectivity index (χ2n) is 4.77. The summed E-state index contributed by atoms with van der Waals surface area (Å²) < 4.78 is 24.5. The van der Waals surface area contributed by atoms with E-state index >= 15 is 0 Å². The van der Waals surface area contributed by atoms with Crippen molar-refractivity contribution in [2.45, 2.75) is 45.7 Å². The van der Waals surface area contributed by atoms with Crippen molar-refractivity contribution in [3.63, 3.8) is 0 Å². The van der Waals surface area contributed by atoms with Crippen LogP contribution in [0.2, 0.25) is 0 Å². The van der Waals surface area contributed by atoms with E-state index in [1.165, 1.54) is 0 Å². The predicted molar refractivity (Wildman–Crippen MR) is 58.3 cm³/mol. The molecule has 4 heteroatoms. The molecule has 2 unspecified atom stereocenters. The summed E-state index contributed by atoms with van der Waals surface area (Å²) in [4.78, 5) is 2.40. The van der Waals surface area contributed by atoms with Crippen LogP contribution in [0.4, 0.5) is 8.78 Å². The molecule has 15 heavy (non-hydrogen) atoms. The van der Waals surface area contributed by atoms with Crippen molar-refractivity contribution in [1.82, 2.24) is 10.2 Å². The van der Waals surface area contributed by atoms with Gasteiger partial charge in [-0.15, -0.1) is 0 Å². The Kier molecular flexibility index (Phi) is 4.93. The molecular formula is C11H22F2N2. The Labute approximate surface area is 91.0 Å². The third-order valence-electron chi connectivity index (χ3n) is 3.15. The van der Waals surface area contributed by atoms with E-state index < -0.39 is 12.5 Å². The highest BCUT2D eigenvalue weighted by molar-refractivity contribution is 4.80. The van der Waals surface area contributed by atoms with Gasteiger partial charge in [0.2, 0.25) is 0 Å². The van der Waals surface area contributed by atoms with Gasteiger partial charge in [0, 0.05) is 12.6 Å². The van der Waals surface area contributed by atoms with Crippen LogP contribution < -0.4 is 5.32 Å². The predicted octanol–water partition coefficient (Wildman–Crippen LogP) is 1.96. The summed E-state index contributed by atoms with van der Waals surface area (Å²) in [6.07, 6.45) is -1.13. The van der Waals surface area contributed by atoms with Gasteiger partial charge in [-0.1, -0.05) is 0 Å². The Morgan fingerprint density at radius 2 is 2.00 bits per heavy atom. The van der Waals surface area contributed by atoms with Gasteiger partial charge in [-0.3, -0.25) is 0 Å². The minimum atomic E-state index is -2.26. The van der Waals surface area contributed by atoms with Crippen molar-refractivity contribution >= 4 is 0 Å². The lowest BCUT2D eigenvalue weighted by atomic mass is 10.1. The minimum Gasteiger partial charge on any atom is -0.309 e. The van der Waals surface area contributed by atoms with E-state index in [4.69, 9.17) is 0 Å². The maximum Gasteiger partial charge on any atom is 0.253 e. The molecule has 0 saturated carbocycles. The summed E-state index contributed by atoms with van der Waals surface area (Å²) >= 11 is 0. The van der Waals surface area contributed by atoms with Crippen LogP contribution in [0, 0.1) is 5.92 Å². The summed E-state index contributed by atoms with van der Waals surface area (Å²) in [5.74, 6) is 0.536. The van der Waals surface area contributed by atoms with Crippen LogP contribution in [-0.2, 0) is 0 Å². The number of likely N-dealkylation sites (tertiary alicyclic amines) is 1. The third-order valence-corrected chi connectivity index (χ3v) is 3.15. The maximum atomic E-state index is 12.2. The highest BCUT2D eigenvalue weighted by atomic mass is 19.3. The van der Waals surface area contributed by atoms with Gasteiger partial charge in [0.05, 0.1) is 6.04 Å². The number of halogens is 2. The van der Waals surface area contributed by atoms with Crippen molar-refractivity contribution < 1.29 is 8.78 Å². The highest BCUT2D eigenvalue weighted by Crippen LogP contribution is 2.17. The highest BCUT2D eigenvalue weighted by Gasteiger charge is 2.25. The molecule has 90 valence electrons. The first kappa shape index (κ1) is 12.8. The molecule has 0 aromatic heterocycles. The first-order chi connectivity index (χ1) is 7.00. The number of hydrogen-bond donors (Lipinski definition) is 1. The Morgan fingerprint density at radius 3 is 2.47 bits per heavy atom. The molecule has 1 heterocycles. The Balaban J connectivity index is 2.19. The zero-order valence-corrected chi connectivity index (χ0v) is 9.84. The fourth-order valence-electron chi connectivity index (χ4n) is 1.94. The zero-order valence-electron chi connectivity index (χ0n) is 9.84. The van der Waals surface area contributed by atoms with E-state index in [2.05, 4.69) is 24.1 Å². The van der Waals surface area contributed by atoms with Gasteiger partial charge in [-0.2, -0.15) is 0 Å². The van der Waals surface area contributed by atoms with Crippen LogP contribution in [0.15, 0.2) is 0 Å². The van der Waals surface area contributed by atoms with Crippen molar-refractivity contribution in [2.24, 2.45) is 5.92 Å². The van der Waals surface area contributed by atoms with Gasteiger partial charge in [-0.25, -0.2) is 8.78 Å². The number of nitrogens with zero attached hydrogens (tertiary/aromatic N) is 1. The second-order valence-corrected chi connectivity index (χ2v) is 4.77. The van der Waals surface area contributed by atoms with Gasteiger partial charge < -0.3 is 10.2 Å². The quantitative estimate of drug-likeness (QED) is 0.762. The Hall–Kier alpha value is -0.220. The summed E-state index contributed by atoms with van der Waals surface area (Å²) in [6.45, 7) is 8.76. The fraction of sp³-hybridized carbons (Fsp3) is 1.00. The average Bonchev–Trinajstić information content (AvgIpc) is 2.62. The largest absolute Gasteiger partial charge is 0.309 e. The van der Waals surface area contributed by atoms with Gasteiger partial charge in [0.15, 0.2) is 0 Å². The molecule has 0 aromatic carbocycles. The van der Waals surface area contributed by atoms with E-state index in [9.17, 15) is 8.78 Å². The van der Waals surface area contributed by atoms with Crippen LogP contribution in [0.5, 0.6) is 0 Å². The number of rotatable bonds is 5. The maximum absolute atomic E-state index is 12.2. The average molecular weight is 220 g/mol. The van der Waals surface area contributed by atoms with Crippen LogP contribution in [0.1, 0.15) is 27.2 Å². The molecule has 1 aliphatic heterocycles. The molecule has 0 amide bonds. The van der Waals surface area contributed by atoms with Crippen LogP contribution in [0.3, 0.4) is 0 Å². The normalized spacial score (nSPS) is 25.4. The van der Waals surface area contributed by atoms with E-state index in [1.54, 1.807) is 6.92 Å². The summed E-state index contributed by atoms with van der Waals surface area (Å²) in [5.41, 5.74) is 0. The molecule has 2 atom stereocenters. The van der Waals surface area contributed by atoms with Crippen molar-refractivity contribution in [3.05, 3.63) is 0 Å². The minimum absolute atomic E-state index is 0.536. The van der Waals surface area contributed by atoms with Crippen LogP contribution in [0.25, 0.3) is 0 Å². The topological polar surface area (TPSA) is 15.3 Å². The zero-order chi connectivity index (χ0) is 11.4. The molecule has 1 rings (SSSR count). The van der Waals surface area contributed by atoms with Crippen LogP contribution in [-0.4, -0.2) is 43.0 Å². The number of alkyl halides is 2. The number of nitrogens with one attached hydrogen (secondary N) is 1. The molecule has 1 N–H and O–H groups in total. The first-order valence-electron chi connectivity index (χ1n) is 5.76. The second kappa shape index (κ2) is 5.75. The molecule has 0 bridgehead atoms. The van der Waals surface area contributed by atoms with E-state index in [-0.39, 0.29) is 0 Å². The lowest BCUT2D eigenvalue weighted by Gasteiger charge is -2.21. The molecular weight excluding hydrogens is 198 g/mol. The van der Waals surface area contributed by atoms with E-state index in [1.807, 2.05) is 0 Å². The standard InChI is InChI=1S/C11H22F2N2/c1-8(2)15-5-4-10(7-15)6-14-9(3)11(12)13/h8-11,14H,4-7H2,1-3H3. The van der Waals surface area contributed by atoms with Crippen LogP contribution >= 0.6 is 0 Å².